The van der Waals surface area contributed by atoms with Crippen LogP contribution in [0.3, 0.4) is 0 Å². The molecule has 0 aliphatic carbocycles. The highest BCUT2D eigenvalue weighted by molar-refractivity contribution is 5.28. The van der Waals surface area contributed by atoms with Gasteiger partial charge in [0, 0.05) is 25.7 Å². The summed E-state index contributed by atoms with van der Waals surface area (Å²) in [7, 11) is 0. The van der Waals surface area contributed by atoms with Gasteiger partial charge in [-0.25, -0.2) is 0 Å². The molecule has 2 N–H and O–H groups in total. The van der Waals surface area contributed by atoms with E-state index >= 15 is 0 Å². The van der Waals surface area contributed by atoms with E-state index in [9.17, 15) is 0 Å². The van der Waals surface area contributed by atoms with Gasteiger partial charge in [-0.2, -0.15) is 0 Å². The van der Waals surface area contributed by atoms with Crippen molar-refractivity contribution in [2.24, 2.45) is 5.73 Å². The third-order valence-corrected chi connectivity index (χ3v) is 3.06. The third-order valence-electron chi connectivity index (χ3n) is 3.06. The summed E-state index contributed by atoms with van der Waals surface area (Å²) in [4.78, 5) is 2.48. The highest BCUT2D eigenvalue weighted by atomic mass is 15.1. The van der Waals surface area contributed by atoms with Crippen LogP contribution in [0.1, 0.15) is 18.1 Å². The van der Waals surface area contributed by atoms with Crippen molar-refractivity contribution in [3.63, 3.8) is 0 Å². The normalized spacial score (nSPS) is 19.3. The fraction of sp³-hybridized carbons (Fsp3) is 0.538. The van der Waals surface area contributed by atoms with Crippen molar-refractivity contribution in [3.05, 3.63) is 35.4 Å². The number of hydrogen-bond donors (Lipinski definition) is 1. The maximum Gasteiger partial charge on any atom is 0.0139 e. The van der Waals surface area contributed by atoms with Gasteiger partial charge in [0.1, 0.15) is 0 Å². The monoisotopic (exact) mass is 204 g/mol. The molecule has 0 saturated carbocycles. The lowest BCUT2D eigenvalue weighted by molar-refractivity contribution is 0.274. The van der Waals surface area contributed by atoms with E-state index in [4.69, 9.17) is 5.73 Å². The second-order valence-corrected chi connectivity index (χ2v) is 4.55. The zero-order chi connectivity index (χ0) is 10.7. The molecule has 0 aromatic heterocycles. The predicted octanol–water partition coefficient (Wildman–Crippen LogP) is 1.43. The molecule has 2 nitrogen and oxygen atoms in total. The Labute approximate surface area is 92.1 Å². The summed E-state index contributed by atoms with van der Waals surface area (Å²) >= 11 is 0. The molecule has 0 bridgehead atoms. The summed E-state index contributed by atoms with van der Waals surface area (Å²) in [6.45, 7) is 5.41. The van der Waals surface area contributed by atoms with Crippen molar-refractivity contribution in [2.45, 2.75) is 25.8 Å². The van der Waals surface area contributed by atoms with E-state index in [0.29, 0.717) is 0 Å². The van der Waals surface area contributed by atoms with Crippen LogP contribution in [0.5, 0.6) is 0 Å². The van der Waals surface area contributed by atoms with Crippen LogP contribution < -0.4 is 5.73 Å². The molecular formula is C13H20N2. The average molecular weight is 204 g/mol. The molecule has 0 fully saturated rings. The Balaban J connectivity index is 2.02. The van der Waals surface area contributed by atoms with Crippen molar-refractivity contribution >= 4 is 0 Å². The molecule has 1 heterocycles. The predicted molar refractivity (Wildman–Crippen MR) is 63.9 cm³/mol. The first-order valence-corrected chi connectivity index (χ1v) is 5.80. The van der Waals surface area contributed by atoms with E-state index in [2.05, 4.69) is 36.1 Å². The topological polar surface area (TPSA) is 29.3 Å². The smallest absolute Gasteiger partial charge is 0.0139 e. The van der Waals surface area contributed by atoms with Crippen LogP contribution in [0, 0.1) is 0 Å². The first-order valence-electron chi connectivity index (χ1n) is 5.80. The summed E-state index contributed by atoms with van der Waals surface area (Å²) in [6.07, 6.45) is 2.34. The molecule has 0 radical (unpaired) electrons. The van der Waals surface area contributed by atoms with E-state index < -0.39 is 0 Å². The van der Waals surface area contributed by atoms with E-state index in [0.717, 1.165) is 19.6 Å². The van der Waals surface area contributed by atoms with Gasteiger partial charge in [0.25, 0.3) is 0 Å². The molecule has 2 heteroatoms. The third kappa shape index (κ3) is 2.80. The SMILES string of the molecule is CC(N)CN1CCc2ccccc2CC1. The number of hydrogen-bond acceptors (Lipinski definition) is 2. The van der Waals surface area contributed by atoms with E-state index in [-0.39, 0.29) is 6.04 Å². The summed E-state index contributed by atoms with van der Waals surface area (Å²) in [6, 6.07) is 9.07. The Morgan fingerprint density at radius 1 is 1.20 bits per heavy atom. The minimum absolute atomic E-state index is 0.284. The Hall–Kier alpha value is -0.860. The first-order chi connectivity index (χ1) is 7.25. The van der Waals surface area contributed by atoms with Gasteiger partial charge in [-0.3, -0.25) is 0 Å². The Kier molecular flexibility index (Phi) is 3.39. The highest BCUT2D eigenvalue weighted by Crippen LogP contribution is 2.15. The maximum absolute atomic E-state index is 5.84. The number of benzene rings is 1. The summed E-state index contributed by atoms with van der Waals surface area (Å²) in [5.41, 5.74) is 8.87. The molecule has 0 saturated heterocycles. The van der Waals surface area contributed by atoms with Crippen LogP contribution in [0.25, 0.3) is 0 Å². The van der Waals surface area contributed by atoms with E-state index in [1.54, 1.807) is 0 Å². The van der Waals surface area contributed by atoms with Crippen LogP contribution in [-0.4, -0.2) is 30.6 Å². The maximum atomic E-state index is 5.84. The standard InChI is InChI=1S/C13H20N2/c1-11(14)10-15-8-6-12-4-2-3-5-13(12)7-9-15/h2-5,11H,6-10,14H2,1H3. The van der Waals surface area contributed by atoms with Crippen LogP contribution in [0.4, 0.5) is 0 Å². The van der Waals surface area contributed by atoms with Gasteiger partial charge in [-0.05, 0) is 30.9 Å². The van der Waals surface area contributed by atoms with E-state index in [1.807, 2.05) is 0 Å². The molecular weight excluding hydrogens is 184 g/mol. The van der Waals surface area contributed by atoms with Crippen molar-refractivity contribution < 1.29 is 0 Å². The Morgan fingerprint density at radius 2 is 1.73 bits per heavy atom. The number of rotatable bonds is 2. The van der Waals surface area contributed by atoms with Gasteiger partial charge in [0.15, 0.2) is 0 Å². The zero-order valence-electron chi connectivity index (χ0n) is 9.45. The number of fused-ring (bicyclic) bond motifs is 1. The van der Waals surface area contributed by atoms with Gasteiger partial charge in [-0.1, -0.05) is 24.3 Å². The second kappa shape index (κ2) is 4.77. The van der Waals surface area contributed by atoms with Crippen molar-refractivity contribution in [1.29, 1.82) is 0 Å². The zero-order valence-corrected chi connectivity index (χ0v) is 9.45. The summed E-state index contributed by atoms with van der Waals surface area (Å²) in [5.74, 6) is 0. The molecule has 0 amide bonds. The molecule has 1 unspecified atom stereocenters. The summed E-state index contributed by atoms with van der Waals surface area (Å²) < 4.78 is 0. The quantitative estimate of drug-likeness (QED) is 0.789. The van der Waals surface area contributed by atoms with Crippen LogP contribution in [-0.2, 0) is 12.8 Å². The first kappa shape index (κ1) is 10.7. The number of nitrogens with zero attached hydrogens (tertiary/aromatic N) is 1. The molecule has 1 aromatic carbocycles. The molecule has 1 aromatic rings. The molecule has 1 aliphatic rings. The fourth-order valence-electron chi connectivity index (χ4n) is 2.30. The molecule has 0 spiro atoms. The second-order valence-electron chi connectivity index (χ2n) is 4.55. The van der Waals surface area contributed by atoms with Gasteiger partial charge in [0.2, 0.25) is 0 Å². The lowest BCUT2D eigenvalue weighted by atomic mass is 10.0. The molecule has 82 valence electrons. The summed E-state index contributed by atoms with van der Waals surface area (Å²) in [5, 5.41) is 0. The van der Waals surface area contributed by atoms with Crippen molar-refractivity contribution in [2.75, 3.05) is 19.6 Å². The van der Waals surface area contributed by atoms with Crippen LogP contribution >= 0.6 is 0 Å². The molecule has 1 atom stereocenters. The van der Waals surface area contributed by atoms with Gasteiger partial charge in [-0.15, -0.1) is 0 Å². The van der Waals surface area contributed by atoms with E-state index in [1.165, 1.54) is 24.0 Å². The molecule has 1 aliphatic heterocycles. The molecule has 15 heavy (non-hydrogen) atoms. The largest absolute Gasteiger partial charge is 0.327 e. The average Bonchev–Trinajstić information content (AvgIpc) is 2.41. The minimum atomic E-state index is 0.284. The van der Waals surface area contributed by atoms with Gasteiger partial charge in [0.05, 0.1) is 0 Å². The van der Waals surface area contributed by atoms with Crippen molar-refractivity contribution in [1.82, 2.24) is 4.90 Å². The van der Waals surface area contributed by atoms with Gasteiger partial charge < -0.3 is 10.6 Å². The number of nitrogens with two attached hydrogens (primary N) is 1. The Morgan fingerprint density at radius 3 is 2.20 bits per heavy atom. The van der Waals surface area contributed by atoms with Crippen LogP contribution in [0.15, 0.2) is 24.3 Å². The van der Waals surface area contributed by atoms with Crippen LogP contribution in [0.2, 0.25) is 0 Å². The van der Waals surface area contributed by atoms with Gasteiger partial charge >= 0.3 is 0 Å². The lowest BCUT2D eigenvalue weighted by Crippen LogP contribution is -2.37. The fourth-order valence-corrected chi connectivity index (χ4v) is 2.30. The molecule has 2 rings (SSSR count). The van der Waals surface area contributed by atoms with Crippen molar-refractivity contribution in [3.8, 4) is 0 Å². The highest BCUT2D eigenvalue weighted by Gasteiger charge is 2.13. The Bertz CT molecular complexity index is 293. The lowest BCUT2D eigenvalue weighted by Gasteiger charge is -2.21. The minimum Gasteiger partial charge on any atom is -0.327 e.